The highest BCUT2D eigenvalue weighted by molar-refractivity contribution is 6.30. The van der Waals surface area contributed by atoms with E-state index >= 15 is 0 Å². The van der Waals surface area contributed by atoms with Crippen LogP contribution in [0.4, 0.5) is 4.39 Å². The molecule has 0 aliphatic heterocycles. The van der Waals surface area contributed by atoms with Crippen LogP contribution in [0.1, 0.15) is 29.9 Å². The summed E-state index contributed by atoms with van der Waals surface area (Å²) in [6.45, 7) is 3.34. The van der Waals surface area contributed by atoms with Crippen LogP contribution >= 0.6 is 11.6 Å². The fourth-order valence-corrected chi connectivity index (χ4v) is 2.78. The molecule has 0 unspecified atom stereocenters. The molecule has 1 aromatic heterocycles. The molecule has 0 atom stereocenters. The van der Waals surface area contributed by atoms with Crippen LogP contribution in [0.15, 0.2) is 58.1 Å². The normalized spacial score (nSPS) is 10.9. The minimum atomic E-state index is -0.831. The molecule has 150 valence electrons. The number of rotatable bonds is 5. The van der Waals surface area contributed by atoms with Crippen molar-refractivity contribution in [1.82, 2.24) is 19.7 Å². The Bertz CT molecular complexity index is 1150. The molecule has 0 spiro atoms. The number of halogens is 2. The SMILES string of the molecule is CC(C)NC(=O)c1nn(-c2ccc(Cl)cc2)c(=O)n(Cc2ccc(F)cc2)c1=O. The molecular weight excluding hydrogens is 399 g/mol. The summed E-state index contributed by atoms with van der Waals surface area (Å²) >= 11 is 5.90. The Kier molecular flexibility index (Phi) is 5.93. The Morgan fingerprint density at radius 3 is 2.31 bits per heavy atom. The molecule has 0 bridgehead atoms. The van der Waals surface area contributed by atoms with Crippen molar-refractivity contribution < 1.29 is 9.18 Å². The van der Waals surface area contributed by atoms with E-state index in [1.807, 2.05) is 0 Å². The Hall–Kier alpha value is -3.26. The van der Waals surface area contributed by atoms with Gasteiger partial charge in [0.1, 0.15) is 5.82 Å². The summed E-state index contributed by atoms with van der Waals surface area (Å²) in [6.07, 6.45) is 0. The lowest BCUT2D eigenvalue weighted by Gasteiger charge is -2.13. The maximum atomic E-state index is 13.2. The van der Waals surface area contributed by atoms with Gasteiger partial charge >= 0.3 is 5.69 Å². The van der Waals surface area contributed by atoms with Crippen LogP contribution in [0.5, 0.6) is 0 Å². The smallest absolute Gasteiger partial charge is 0.348 e. The van der Waals surface area contributed by atoms with Crippen LogP contribution in [-0.2, 0) is 6.54 Å². The molecule has 0 saturated heterocycles. The van der Waals surface area contributed by atoms with Gasteiger partial charge < -0.3 is 5.32 Å². The molecule has 3 aromatic rings. The standard InChI is InChI=1S/C20H18ClFN4O3/c1-12(2)23-18(27)17-19(28)25(11-13-3-7-15(22)8-4-13)20(29)26(24-17)16-9-5-14(21)6-10-16/h3-10,12H,11H2,1-2H3,(H,23,27). The summed E-state index contributed by atoms with van der Waals surface area (Å²) in [5.74, 6) is -1.13. The third-order valence-electron chi connectivity index (χ3n) is 4.02. The van der Waals surface area contributed by atoms with Gasteiger partial charge in [-0.15, -0.1) is 0 Å². The first kappa shape index (κ1) is 20.5. The molecule has 1 N–H and O–H groups in total. The van der Waals surface area contributed by atoms with Crippen LogP contribution in [0.2, 0.25) is 5.02 Å². The monoisotopic (exact) mass is 416 g/mol. The highest BCUT2D eigenvalue weighted by Crippen LogP contribution is 2.11. The molecule has 9 heteroatoms. The van der Waals surface area contributed by atoms with Gasteiger partial charge in [0.15, 0.2) is 0 Å². The van der Waals surface area contributed by atoms with E-state index in [2.05, 4.69) is 10.4 Å². The molecule has 29 heavy (non-hydrogen) atoms. The molecule has 0 aliphatic carbocycles. The van der Waals surface area contributed by atoms with Crippen molar-refractivity contribution in [3.63, 3.8) is 0 Å². The first-order valence-electron chi connectivity index (χ1n) is 8.81. The highest BCUT2D eigenvalue weighted by Gasteiger charge is 2.21. The minimum absolute atomic E-state index is 0.143. The summed E-state index contributed by atoms with van der Waals surface area (Å²) in [5, 5.41) is 7.06. The van der Waals surface area contributed by atoms with E-state index in [1.165, 1.54) is 24.3 Å². The van der Waals surface area contributed by atoms with Gasteiger partial charge in [-0.25, -0.2) is 9.18 Å². The van der Waals surface area contributed by atoms with Gasteiger partial charge in [0.2, 0.25) is 5.69 Å². The summed E-state index contributed by atoms with van der Waals surface area (Å²) < 4.78 is 15.0. The lowest BCUT2D eigenvalue weighted by molar-refractivity contribution is 0.0933. The fourth-order valence-electron chi connectivity index (χ4n) is 2.65. The molecule has 0 saturated carbocycles. The van der Waals surface area contributed by atoms with Gasteiger partial charge in [0.05, 0.1) is 12.2 Å². The molecule has 1 amide bonds. The van der Waals surface area contributed by atoms with Crippen LogP contribution in [0, 0.1) is 5.82 Å². The van der Waals surface area contributed by atoms with Gasteiger partial charge in [-0.2, -0.15) is 9.78 Å². The van der Waals surface area contributed by atoms with E-state index < -0.39 is 28.7 Å². The molecule has 0 radical (unpaired) electrons. The number of hydrogen-bond acceptors (Lipinski definition) is 4. The van der Waals surface area contributed by atoms with Gasteiger partial charge in [-0.05, 0) is 55.8 Å². The molecule has 0 aliphatic rings. The van der Waals surface area contributed by atoms with Gasteiger partial charge in [-0.1, -0.05) is 23.7 Å². The largest absolute Gasteiger partial charge is 0.352 e. The quantitative estimate of drug-likeness (QED) is 0.692. The predicted octanol–water partition coefficient (Wildman–Crippen LogP) is 2.37. The van der Waals surface area contributed by atoms with Crippen molar-refractivity contribution in [2.24, 2.45) is 0 Å². The summed E-state index contributed by atoms with van der Waals surface area (Å²) in [5.41, 5.74) is -1.12. The number of amides is 1. The lowest BCUT2D eigenvalue weighted by atomic mass is 10.2. The zero-order chi connectivity index (χ0) is 21.1. The van der Waals surface area contributed by atoms with Crippen molar-refractivity contribution in [2.75, 3.05) is 0 Å². The van der Waals surface area contributed by atoms with Crippen LogP contribution in [-0.4, -0.2) is 26.3 Å². The average molecular weight is 417 g/mol. The minimum Gasteiger partial charge on any atom is -0.348 e. The van der Waals surface area contributed by atoms with Crippen molar-refractivity contribution in [2.45, 2.75) is 26.4 Å². The zero-order valence-corrected chi connectivity index (χ0v) is 16.5. The van der Waals surface area contributed by atoms with E-state index in [9.17, 15) is 18.8 Å². The van der Waals surface area contributed by atoms with Gasteiger partial charge in [0.25, 0.3) is 11.5 Å². The Morgan fingerprint density at radius 2 is 1.72 bits per heavy atom. The van der Waals surface area contributed by atoms with Crippen LogP contribution < -0.4 is 16.6 Å². The second-order valence-electron chi connectivity index (χ2n) is 6.67. The lowest BCUT2D eigenvalue weighted by Crippen LogP contribution is -2.46. The third-order valence-corrected chi connectivity index (χ3v) is 4.27. The Morgan fingerprint density at radius 1 is 1.10 bits per heavy atom. The predicted molar refractivity (Wildman–Crippen MR) is 107 cm³/mol. The molecule has 7 nitrogen and oxygen atoms in total. The van der Waals surface area contributed by atoms with E-state index in [0.29, 0.717) is 16.3 Å². The van der Waals surface area contributed by atoms with E-state index in [0.717, 1.165) is 9.25 Å². The number of aromatic nitrogens is 3. The number of nitrogens with zero attached hydrogens (tertiary/aromatic N) is 3. The maximum absolute atomic E-state index is 13.2. The molecule has 1 heterocycles. The molecular formula is C20H18ClFN4O3. The number of benzene rings is 2. The fraction of sp³-hybridized carbons (Fsp3) is 0.200. The molecule has 0 fully saturated rings. The molecule has 3 rings (SSSR count). The average Bonchev–Trinajstić information content (AvgIpc) is 2.67. The molecule has 2 aromatic carbocycles. The number of carbonyl (C=O) groups excluding carboxylic acids is 1. The van der Waals surface area contributed by atoms with Gasteiger partial charge in [-0.3, -0.25) is 14.2 Å². The van der Waals surface area contributed by atoms with Crippen molar-refractivity contribution in [3.05, 3.63) is 91.5 Å². The number of carbonyl (C=O) groups is 1. The van der Waals surface area contributed by atoms with Crippen LogP contribution in [0.25, 0.3) is 5.69 Å². The van der Waals surface area contributed by atoms with Crippen molar-refractivity contribution in [3.8, 4) is 5.69 Å². The maximum Gasteiger partial charge on any atom is 0.352 e. The van der Waals surface area contributed by atoms with E-state index in [-0.39, 0.29) is 12.6 Å². The number of nitrogens with one attached hydrogen (secondary N) is 1. The first-order valence-corrected chi connectivity index (χ1v) is 9.19. The summed E-state index contributed by atoms with van der Waals surface area (Å²) in [6, 6.07) is 11.4. The van der Waals surface area contributed by atoms with Crippen molar-refractivity contribution >= 4 is 17.5 Å². The summed E-state index contributed by atoms with van der Waals surface area (Å²) in [7, 11) is 0. The topological polar surface area (TPSA) is 86.0 Å². The zero-order valence-electron chi connectivity index (χ0n) is 15.7. The van der Waals surface area contributed by atoms with Crippen LogP contribution in [0.3, 0.4) is 0 Å². The Balaban J connectivity index is 2.19. The Labute approximate surface area is 170 Å². The van der Waals surface area contributed by atoms with Gasteiger partial charge in [0, 0.05) is 11.1 Å². The van der Waals surface area contributed by atoms with Crippen molar-refractivity contribution in [1.29, 1.82) is 0 Å². The van der Waals surface area contributed by atoms with E-state index in [1.54, 1.807) is 38.1 Å². The first-order chi connectivity index (χ1) is 13.8. The van der Waals surface area contributed by atoms with E-state index in [4.69, 9.17) is 11.6 Å². The highest BCUT2D eigenvalue weighted by atomic mass is 35.5. The second-order valence-corrected chi connectivity index (χ2v) is 7.10. The number of hydrogen-bond donors (Lipinski definition) is 1. The summed E-state index contributed by atoms with van der Waals surface area (Å²) in [4.78, 5) is 38.3. The third kappa shape index (κ3) is 4.60. The second kappa shape index (κ2) is 8.40.